The van der Waals surface area contributed by atoms with Crippen LogP contribution in [0.5, 0.6) is 5.75 Å². The number of aromatic nitrogens is 3. The van der Waals surface area contributed by atoms with Crippen LogP contribution < -0.4 is 20.7 Å². The van der Waals surface area contributed by atoms with Gasteiger partial charge in [-0.15, -0.1) is 0 Å². The number of H-pyrrole nitrogens is 1. The first-order valence-electron chi connectivity index (χ1n) is 12.9. The smallest absolute Gasteiger partial charge is 0.311 e. The summed E-state index contributed by atoms with van der Waals surface area (Å²) >= 11 is 0. The molecule has 2 bridgehead atoms. The third-order valence-corrected chi connectivity index (χ3v) is 8.48. The fourth-order valence-corrected chi connectivity index (χ4v) is 6.09. The molecule has 3 aromatic rings. The number of anilines is 2. The molecule has 1 aromatic carbocycles. The predicted octanol–water partition coefficient (Wildman–Crippen LogP) is 3.14. The molecular weight excluding hydrogens is 488 g/mol. The summed E-state index contributed by atoms with van der Waals surface area (Å²) in [6.45, 7) is 1.03. The van der Waals surface area contributed by atoms with Crippen LogP contribution in [0.15, 0.2) is 30.7 Å². The van der Waals surface area contributed by atoms with Crippen molar-refractivity contribution in [2.24, 2.45) is 10.8 Å². The molecule has 38 heavy (non-hydrogen) atoms. The van der Waals surface area contributed by atoms with Crippen LogP contribution >= 0.6 is 0 Å². The number of aromatic amines is 1. The van der Waals surface area contributed by atoms with Crippen LogP contribution in [-0.2, 0) is 20.9 Å². The number of benzene rings is 1. The summed E-state index contributed by atoms with van der Waals surface area (Å²) in [5.41, 5.74) is 3.56. The van der Waals surface area contributed by atoms with Gasteiger partial charge < -0.3 is 30.4 Å². The molecule has 7 rings (SSSR count). The van der Waals surface area contributed by atoms with E-state index in [1.807, 2.05) is 12.3 Å². The Morgan fingerprint density at radius 3 is 2.68 bits per heavy atom. The fraction of sp³-hybridized carbons (Fsp3) is 0.444. The van der Waals surface area contributed by atoms with Crippen molar-refractivity contribution in [1.29, 1.82) is 0 Å². The maximum atomic E-state index is 13.0. The summed E-state index contributed by atoms with van der Waals surface area (Å²) in [4.78, 5) is 48.7. The van der Waals surface area contributed by atoms with Crippen LogP contribution in [0.4, 0.5) is 11.4 Å². The van der Waals surface area contributed by atoms with Gasteiger partial charge in [-0.05, 0) is 61.6 Å². The Labute approximate surface area is 219 Å². The van der Waals surface area contributed by atoms with Gasteiger partial charge in [0, 0.05) is 19.3 Å². The Morgan fingerprint density at radius 1 is 1.13 bits per heavy atom. The Balaban J connectivity index is 1.11. The van der Waals surface area contributed by atoms with Crippen LogP contribution in [0.2, 0.25) is 0 Å². The van der Waals surface area contributed by atoms with E-state index in [0.29, 0.717) is 22.5 Å². The number of fused-ring (bicyclic) bond motifs is 5. The van der Waals surface area contributed by atoms with Crippen LogP contribution in [0.25, 0.3) is 11.0 Å². The van der Waals surface area contributed by atoms with Crippen LogP contribution in [-0.4, -0.2) is 53.0 Å². The number of nitrogens with zero attached hydrogens (tertiary/aromatic N) is 2. The Bertz CT molecular complexity index is 1410. The highest BCUT2D eigenvalue weighted by Crippen LogP contribution is 2.57. The number of amides is 2. The number of nitrogens with one attached hydrogen (secondary N) is 4. The minimum Gasteiger partial charge on any atom is -0.482 e. The normalized spacial score (nSPS) is 23.8. The molecule has 3 saturated carbocycles. The summed E-state index contributed by atoms with van der Waals surface area (Å²) in [5.74, 6) is -0.00195. The van der Waals surface area contributed by atoms with E-state index in [9.17, 15) is 14.4 Å². The van der Waals surface area contributed by atoms with Crippen molar-refractivity contribution in [3.63, 3.8) is 0 Å². The molecular formula is C27H30N6O5. The highest BCUT2D eigenvalue weighted by molar-refractivity contribution is 6.05. The average molecular weight is 519 g/mol. The second kappa shape index (κ2) is 9.30. The van der Waals surface area contributed by atoms with Crippen molar-refractivity contribution in [1.82, 2.24) is 20.3 Å². The molecule has 0 radical (unpaired) electrons. The van der Waals surface area contributed by atoms with Crippen LogP contribution in [0.3, 0.4) is 0 Å². The summed E-state index contributed by atoms with van der Waals surface area (Å²) < 4.78 is 10.5. The predicted molar refractivity (Wildman–Crippen MR) is 139 cm³/mol. The van der Waals surface area contributed by atoms with Crippen LogP contribution in [0.1, 0.15) is 54.6 Å². The third kappa shape index (κ3) is 4.21. The Kier molecular flexibility index (Phi) is 5.93. The quantitative estimate of drug-likeness (QED) is 0.349. The van der Waals surface area contributed by atoms with Gasteiger partial charge in [0.15, 0.2) is 12.3 Å². The van der Waals surface area contributed by atoms with Crippen molar-refractivity contribution in [2.75, 3.05) is 30.9 Å². The summed E-state index contributed by atoms with van der Waals surface area (Å²) in [7, 11) is 1.48. The zero-order valence-electron chi connectivity index (χ0n) is 21.2. The number of hydrogen-bond donors (Lipinski definition) is 4. The standard InChI is InChI=1S/C27H30N6O5/c1-37-25(36)27-7-4-26(5-8-27,6-9-27)14-30-18-12-28-22-21(18)31-15-32-23(22)24(35)29-11-16-2-3-19-17(10-16)33-20(34)13-38-19/h2-3,10,12,15,28,30H,4-9,11,13-14H2,1H3,(H,29,35)(H,33,34). The molecule has 1 aliphatic heterocycles. The molecule has 0 atom stereocenters. The van der Waals surface area contributed by atoms with Gasteiger partial charge in [-0.1, -0.05) is 6.07 Å². The summed E-state index contributed by atoms with van der Waals surface area (Å²) in [5, 5.41) is 9.22. The first-order valence-corrected chi connectivity index (χ1v) is 12.9. The maximum Gasteiger partial charge on any atom is 0.311 e. The SMILES string of the molecule is COC(=O)C12CCC(CNc3c[nH]c4c(C(=O)NCc5ccc6c(c5)NC(=O)CO6)ncnc34)(CC1)CC2. The molecule has 0 unspecified atom stereocenters. The molecule has 3 fully saturated rings. The van der Waals surface area contributed by atoms with Gasteiger partial charge in [0.1, 0.15) is 17.6 Å². The summed E-state index contributed by atoms with van der Waals surface area (Å²) in [6, 6.07) is 5.40. The number of carbonyl (C=O) groups excluding carboxylic acids is 3. The monoisotopic (exact) mass is 518 g/mol. The fourth-order valence-electron chi connectivity index (χ4n) is 6.09. The zero-order valence-corrected chi connectivity index (χ0v) is 21.2. The van der Waals surface area contributed by atoms with Gasteiger partial charge in [0.2, 0.25) is 0 Å². The molecule has 0 saturated heterocycles. The average Bonchev–Trinajstić information content (AvgIpc) is 3.38. The Morgan fingerprint density at radius 2 is 1.92 bits per heavy atom. The van der Waals surface area contributed by atoms with E-state index < -0.39 is 0 Å². The number of hydrogen-bond acceptors (Lipinski definition) is 8. The number of ether oxygens (including phenoxy) is 2. The van der Waals surface area contributed by atoms with Gasteiger partial charge in [0.05, 0.1) is 29.4 Å². The lowest BCUT2D eigenvalue weighted by Crippen LogP contribution is -2.48. The van der Waals surface area contributed by atoms with E-state index in [-0.39, 0.29) is 47.5 Å². The van der Waals surface area contributed by atoms with E-state index >= 15 is 0 Å². The van der Waals surface area contributed by atoms with E-state index in [1.165, 1.54) is 13.4 Å². The maximum absolute atomic E-state index is 13.0. The number of esters is 1. The first-order chi connectivity index (χ1) is 18.4. The van der Waals surface area contributed by atoms with Gasteiger partial charge >= 0.3 is 5.97 Å². The van der Waals surface area contributed by atoms with Gasteiger partial charge in [-0.25, -0.2) is 9.97 Å². The van der Waals surface area contributed by atoms with Crippen molar-refractivity contribution >= 4 is 40.2 Å². The highest BCUT2D eigenvalue weighted by Gasteiger charge is 2.52. The van der Waals surface area contributed by atoms with E-state index in [1.54, 1.807) is 12.1 Å². The molecule has 3 heterocycles. The minimum atomic E-state index is -0.332. The number of rotatable bonds is 7. The van der Waals surface area contributed by atoms with E-state index in [4.69, 9.17) is 9.47 Å². The first kappa shape index (κ1) is 24.2. The highest BCUT2D eigenvalue weighted by atomic mass is 16.5. The lowest BCUT2D eigenvalue weighted by Gasteiger charge is -2.51. The molecule has 3 aliphatic carbocycles. The molecule has 11 heteroatoms. The molecule has 11 nitrogen and oxygen atoms in total. The molecule has 4 N–H and O–H groups in total. The van der Waals surface area contributed by atoms with Crippen LogP contribution in [0, 0.1) is 10.8 Å². The van der Waals surface area contributed by atoms with Gasteiger partial charge in [-0.2, -0.15) is 0 Å². The molecule has 198 valence electrons. The molecule has 2 amide bonds. The van der Waals surface area contributed by atoms with E-state index in [2.05, 4.69) is 30.9 Å². The number of carbonyl (C=O) groups is 3. The molecule has 4 aliphatic rings. The second-order valence-electron chi connectivity index (χ2n) is 10.6. The number of methoxy groups -OCH3 is 1. The molecule has 0 spiro atoms. The van der Waals surface area contributed by atoms with Crippen molar-refractivity contribution in [3.8, 4) is 5.75 Å². The van der Waals surface area contributed by atoms with Gasteiger partial charge in [-0.3, -0.25) is 14.4 Å². The van der Waals surface area contributed by atoms with E-state index in [0.717, 1.165) is 56.3 Å². The van der Waals surface area contributed by atoms with Crippen molar-refractivity contribution in [3.05, 3.63) is 42.0 Å². The Hall–Kier alpha value is -4.15. The van der Waals surface area contributed by atoms with Crippen molar-refractivity contribution < 1.29 is 23.9 Å². The zero-order chi connectivity index (χ0) is 26.3. The lowest BCUT2D eigenvalue weighted by atomic mass is 9.53. The summed E-state index contributed by atoms with van der Waals surface area (Å²) in [6.07, 6.45) is 8.77. The molecule has 2 aromatic heterocycles. The third-order valence-electron chi connectivity index (χ3n) is 8.48. The minimum absolute atomic E-state index is 0.00311. The van der Waals surface area contributed by atoms with Crippen molar-refractivity contribution in [2.45, 2.75) is 45.1 Å². The lowest BCUT2D eigenvalue weighted by molar-refractivity contribution is -0.162. The van der Waals surface area contributed by atoms with Gasteiger partial charge in [0.25, 0.3) is 11.8 Å². The largest absolute Gasteiger partial charge is 0.482 e. The second-order valence-corrected chi connectivity index (χ2v) is 10.6. The topological polar surface area (TPSA) is 147 Å².